The topological polar surface area (TPSA) is 99.8 Å². The smallest absolute Gasteiger partial charge is 0.262 e. The molecule has 2 heterocycles. The van der Waals surface area contributed by atoms with Gasteiger partial charge in [0.2, 0.25) is 0 Å². The maximum absolute atomic E-state index is 12.1. The Morgan fingerprint density at radius 3 is 2.60 bits per heavy atom. The fourth-order valence-electron chi connectivity index (χ4n) is 3.52. The minimum Gasteiger partial charge on any atom is -0.489 e. The molecule has 0 bridgehead atoms. The van der Waals surface area contributed by atoms with Gasteiger partial charge >= 0.3 is 0 Å². The normalized spacial score (nSPS) is 23.2. The lowest BCUT2D eigenvalue weighted by atomic mass is 10.2. The van der Waals surface area contributed by atoms with Gasteiger partial charge in [0.1, 0.15) is 18.8 Å². The number of amidine groups is 1. The highest BCUT2D eigenvalue weighted by Crippen LogP contribution is 2.41. The Labute approximate surface area is 179 Å². The number of thioether (sulfide) groups is 1. The lowest BCUT2D eigenvalue weighted by Gasteiger charge is -2.24. The summed E-state index contributed by atoms with van der Waals surface area (Å²) in [6.07, 6.45) is -0.308. The van der Waals surface area contributed by atoms with Crippen LogP contribution >= 0.6 is 11.8 Å². The van der Waals surface area contributed by atoms with Gasteiger partial charge in [-0.15, -0.1) is 0 Å². The van der Waals surface area contributed by atoms with Crippen molar-refractivity contribution in [2.75, 3.05) is 16.4 Å². The number of amides is 1. The molecular formula is C21H19N3O4S2. The molecule has 2 aliphatic heterocycles. The average Bonchev–Trinajstić information content (AvgIpc) is 3.18. The van der Waals surface area contributed by atoms with E-state index in [0.717, 1.165) is 11.3 Å². The van der Waals surface area contributed by atoms with Gasteiger partial charge in [-0.25, -0.2) is 8.42 Å². The monoisotopic (exact) mass is 441 g/mol. The van der Waals surface area contributed by atoms with Gasteiger partial charge in [-0.3, -0.25) is 4.79 Å². The van der Waals surface area contributed by atoms with Gasteiger partial charge in [-0.2, -0.15) is 10.3 Å². The van der Waals surface area contributed by atoms with Crippen molar-refractivity contribution in [2.45, 2.75) is 24.3 Å². The molecule has 2 aliphatic rings. The largest absolute Gasteiger partial charge is 0.489 e. The van der Waals surface area contributed by atoms with Crippen molar-refractivity contribution in [1.29, 1.82) is 5.26 Å². The van der Waals surface area contributed by atoms with Gasteiger partial charge in [-0.05, 0) is 29.8 Å². The number of fused-ring (bicyclic) bond motifs is 1. The number of nitriles is 1. The van der Waals surface area contributed by atoms with E-state index in [4.69, 9.17) is 10.00 Å². The third kappa shape index (κ3) is 4.50. The van der Waals surface area contributed by atoms with Crippen LogP contribution in [0.2, 0.25) is 0 Å². The van der Waals surface area contributed by atoms with E-state index in [-0.39, 0.29) is 29.2 Å². The molecule has 2 aromatic carbocycles. The van der Waals surface area contributed by atoms with Gasteiger partial charge in [0, 0.05) is 10.9 Å². The Morgan fingerprint density at radius 1 is 1.17 bits per heavy atom. The summed E-state index contributed by atoms with van der Waals surface area (Å²) in [6.45, 7) is 0.443. The van der Waals surface area contributed by atoms with Crippen LogP contribution in [0.15, 0.2) is 59.6 Å². The molecule has 154 valence electrons. The summed E-state index contributed by atoms with van der Waals surface area (Å²) < 4.78 is 30.0. The summed E-state index contributed by atoms with van der Waals surface area (Å²) >= 11 is 1.29. The highest BCUT2D eigenvalue weighted by atomic mass is 32.2. The van der Waals surface area contributed by atoms with Crippen LogP contribution in [0.4, 0.5) is 5.69 Å². The molecule has 2 saturated heterocycles. The number of carbonyl (C=O) groups excluding carboxylic acids is 1. The molecular weight excluding hydrogens is 422 g/mol. The van der Waals surface area contributed by atoms with E-state index in [1.54, 1.807) is 11.0 Å². The minimum absolute atomic E-state index is 0.0163. The van der Waals surface area contributed by atoms with E-state index in [1.807, 2.05) is 54.6 Å². The van der Waals surface area contributed by atoms with Crippen LogP contribution in [-0.2, 0) is 21.2 Å². The molecule has 2 atom stereocenters. The van der Waals surface area contributed by atoms with Crippen molar-refractivity contribution in [1.82, 2.24) is 0 Å². The first-order valence-corrected chi connectivity index (χ1v) is 12.1. The number of anilines is 1. The van der Waals surface area contributed by atoms with Crippen molar-refractivity contribution >= 4 is 38.4 Å². The fourth-order valence-corrected chi connectivity index (χ4v) is 7.46. The molecule has 0 aromatic heterocycles. The van der Waals surface area contributed by atoms with Crippen molar-refractivity contribution in [3.63, 3.8) is 0 Å². The third-order valence-electron chi connectivity index (χ3n) is 4.88. The zero-order chi connectivity index (χ0) is 21.1. The molecule has 0 N–H and O–H groups in total. The predicted octanol–water partition coefficient (Wildman–Crippen LogP) is 2.78. The summed E-state index contributed by atoms with van der Waals surface area (Å²) in [5.74, 6) is 0.227. The highest BCUT2D eigenvalue weighted by Gasteiger charge is 2.49. The van der Waals surface area contributed by atoms with E-state index in [2.05, 4.69) is 4.99 Å². The first kappa shape index (κ1) is 20.4. The van der Waals surface area contributed by atoms with Crippen LogP contribution in [0, 0.1) is 11.3 Å². The van der Waals surface area contributed by atoms with Crippen LogP contribution in [-0.4, -0.2) is 42.3 Å². The molecule has 0 aliphatic carbocycles. The molecule has 2 aromatic rings. The SMILES string of the molecule is N#CCC(=O)N=C1S[C@@H]2CS(=O)(=O)C[C@@H]2N1c1ccc(OCc2ccccc2)cc1. The molecule has 30 heavy (non-hydrogen) atoms. The standard InChI is InChI=1S/C21H19N3O4S2/c22-11-10-20(25)23-21-24(18-13-30(26,27)14-19(18)29-21)16-6-8-17(9-7-16)28-12-15-4-2-1-3-5-15/h1-9,18-19H,10,12-14H2/t18-,19+/m0/s1. The summed E-state index contributed by atoms with van der Waals surface area (Å²) in [5.41, 5.74) is 1.80. The second-order valence-corrected chi connectivity index (χ2v) is 10.4. The van der Waals surface area contributed by atoms with Crippen molar-refractivity contribution < 1.29 is 17.9 Å². The van der Waals surface area contributed by atoms with Gasteiger partial charge < -0.3 is 9.64 Å². The molecule has 0 radical (unpaired) electrons. The number of hydrogen-bond acceptors (Lipinski definition) is 6. The Kier molecular flexibility index (Phi) is 5.79. The number of carbonyl (C=O) groups is 1. The zero-order valence-electron chi connectivity index (χ0n) is 16.0. The summed E-state index contributed by atoms with van der Waals surface area (Å²) in [7, 11) is -3.14. The van der Waals surface area contributed by atoms with Crippen LogP contribution in [0.25, 0.3) is 0 Å². The van der Waals surface area contributed by atoms with E-state index in [1.165, 1.54) is 11.8 Å². The molecule has 7 nitrogen and oxygen atoms in total. The number of nitrogens with zero attached hydrogens (tertiary/aromatic N) is 3. The van der Waals surface area contributed by atoms with Crippen molar-refractivity contribution in [3.05, 3.63) is 60.2 Å². The molecule has 0 unspecified atom stereocenters. The van der Waals surface area contributed by atoms with Crippen LogP contribution in [0.5, 0.6) is 5.75 Å². The summed E-state index contributed by atoms with van der Waals surface area (Å²) in [5, 5.41) is 8.99. The minimum atomic E-state index is -3.14. The quantitative estimate of drug-likeness (QED) is 0.703. The van der Waals surface area contributed by atoms with Crippen LogP contribution < -0.4 is 9.64 Å². The average molecular weight is 442 g/mol. The van der Waals surface area contributed by atoms with Crippen molar-refractivity contribution in [3.8, 4) is 11.8 Å². The van der Waals surface area contributed by atoms with E-state index < -0.39 is 15.7 Å². The van der Waals surface area contributed by atoms with Crippen LogP contribution in [0.3, 0.4) is 0 Å². The van der Waals surface area contributed by atoms with E-state index in [9.17, 15) is 13.2 Å². The third-order valence-corrected chi connectivity index (χ3v) is 8.09. The van der Waals surface area contributed by atoms with Gasteiger partial charge in [0.25, 0.3) is 5.91 Å². The first-order valence-electron chi connectivity index (χ1n) is 9.37. The van der Waals surface area contributed by atoms with Crippen molar-refractivity contribution in [2.24, 2.45) is 4.99 Å². The Hall–Kier alpha value is -2.83. The molecule has 4 rings (SSSR count). The molecule has 1 amide bonds. The number of hydrogen-bond donors (Lipinski definition) is 0. The summed E-state index contributed by atoms with van der Waals surface area (Å²) in [6, 6.07) is 18.6. The van der Waals surface area contributed by atoms with Gasteiger partial charge in [-0.1, -0.05) is 42.1 Å². The maximum atomic E-state index is 12.1. The summed E-state index contributed by atoms with van der Waals surface area (Å²) in [4.78, 5) is 17.8. The zero-order valence-corrected chi connectivity index (χ0v) is 17.6. The molecule has 9 heteroatoms. The number of benzene rings is 2. The second-order valence-electron chi connectivity index (χ2n) is 7.06. The molecule has 0 saturated carbocycles. The predicted molar refractivity (Wildman–Crippen MR) is 116 cm³/mol. The van der Waals surface area contributed by atoms with Crippen LogP contribution in [0.1, 0.15) is 12.0 Å². The Morgan fingerprint density at radius 2 is 1.90 bits per heavy atom. The number of sulfone groups is 1. The maximum Gasteiger partial charge on any atom is 0.262 e. The second kappa shape index (κ2) is 8.50. The highest BCUT2D eigenvalue weighted by molar-refractivity contribution is 8.16. The van der Waals surface area contributed by atoms with E-state index >= 15 is 0 Å². The van der Waals surface area contributed by atoms with Gasteiger partial charge in [0.15, 0.2) is 15.0 Å². The van der Waals surface area contributed by atoms with E-state index in [0.29, 0.717) is 17.5 Å². The molecule has 0 spiro atoms. The number of rotatable bonds is 5. The Balaban J connectivity index is 1.55. The first-order chi connectivity index (χ1) is 14.4. The number of ether oxygens (including phenoxy) is 1. The van der Waals surface area contributed by atoms with Gasteiger partial charge in [0.05, 0.1) is 23.6 Å². The number of aliphatic imine (C=N–C) groups is 1. The lowest BCUT2D eigenvalue weighted by molar-refractivity contribution is -0.116. The lowest BCUT2D eigenvalue weighted by Crippen LogP contribution is -2.37. The molecule has 2 fully saturated rings. The Bertz CT molecular complexity index is 1110. The fraction of sp³-hybridized carbons (Fsp3) is 0.286.